The number of fused-ring (bicyclic) bond motifs is 3. The van der Waals surface area contributed by atoms with Crippen LogP contribution in [0.2, 0.25) is 5.02 Å². The van der Waals surface area contributed by atoms with E-state index in [1.54, 1.807) is 11.8 Å². The first-order valence-corrected chi connectivity index (χ1v) is 11.5. The maximum absolute atomic E-state index is 13.0. The van der Waals surface area contributed by atoms with Crippen LogP contribution in [0.15, 0.2) is 42.5 Å². The van der Waals surface area contributed by atoms with Crippen molar-refractivity contribution in [3.8, 4) is 17.6 Å². The molecule has 0 saturated carbocycles. The van der Waals surface area contributed by atoms with Crippen molar-refractivity contribution in [2.45, 2.75) is 31.9 Å². The summed E-state index contributed by atoms with van der Waals surface area (Å²) in [4.78, 5) is 18.2. The van der Waals surface area contributed by atoms with Crippen LogP contribution in [-0.4, -0.2) is 58.7 Å². The van der Waals surface area contributed by atoms with Crippen LogP contribution in [0.4, 0.5) is 4.79 Å². The summed E-state index contributed by atoms with van der Waals surface area (Å²) in [6, 6.07) is 12.9. The Bertz CT molecular complexity index is 1210. The average molecular weight is 483 g/mol. The van der Waals surface area contributed by atoms with E-state index in [-0.39, 0.29) is 25.9 Å². The van der Waals surface area contributed by atoms with Gasteiger partial charge in [0.2, 0.25) is 0 Å². The predicted octanol–water partition coefficient (Wildman–Crippen LogP) is 4.05. The number of benzene rings is 2. The van der Waals surface area contributed by atoms with Gasteiger partial charge in [-0.3, -0.25) is 4.90 Å². The highest BCUT2D eigenvalue weighted by Gasteiger charge is 2.35. The zero-order valence-corrected chi connectivity index (χ0v) is 19.6. The number of amides is 1. The normalized spacial score (nSPS) is 15.9. The molecule has 0 saturated heterocycles. The van der Waals surface area contributed by atoms with Crippen molar-refractivity contribution < 1.29 is 24.5 Å². The number of aliphatic hydroxyl groups excluding tert-OH is 2. The number of nitrogens with zero attached hydrogens (tertiary/aromatic N) is 1. The Morgan fingerprint density at radius 3 is 2.82 bits per heavy atom. The Morgan fingerprint density at radius 1 is 1.29 bits per heavy atom. The molecule has 1 amide bonds. The molecule has 1 aliphatic rings. The Kier molecular flexibility index (Phi) is 7.63. The van der Waals surface area contributed by atoms with Gasteiger partial charge in [-0.1, -0.05) is 29.7 Å². The zero-order chi connectivity index (χ0) is 24.1. The van der Waals surface area contributed by atoms with E-state index in [1.807, 2.05) is 42.5 Å². The van der Waals surface area contributed by atoms with Gasteiger partial charge in [0, 0.05) is 34.6 Å². The summed E-state index contributed by atoms with van der Waals surface area (Å²) in [7, 11) is 0. The number of rotatable bonds is 7. The summed E-state index contributed by atoms with van der Waals surface area (Å²) in [5, 5.41) is 20.1. The molecule has 34 heavy (non-hydrogen) atoms. The molecule has 7 nitrogen and oxygen atoms in total. The molecule has 0 bridgehead atoms. The van der Waals surface area contributed by atoms with Crippen LogP contribution in [0.25, 0.3) is 10.9 Å². The van der Waals surface area contributed by atoms with Crippen molar-refractivity contribution in [2.75, 3.05) is 26.4 Å². The lowest BCUT2D eigenvalue weighted by Crippen LogP contribution is -2.41. The first-order valence-electron chi connectivity index (χ1n) is 11.2. The van der Waals surface area contributed by atoms with Crippen LogP contribution in [0.5, 0.6) is 5.75 Å². The van der Waals surface area contributed by atoms with Gasteiger partial charge in [0.1, 0.15) is 11.8 Å². The summed E-state index contributed by atoms with van der Waals surface area (Å²) >= 11 is 6.25. The molecule has 8 heteroatoms. The number of carbonyl (C=O) groups excluding carboxylic acids is 1. The lowest BCUT2D eigenvalue weighted by Gasteiger charge is -2.35. The van der Waals surface area contributed by atoms with Crippen molar-refractivity contribution in [2.24, 2.45) is 0 Å². The van der Waals surface area contributed by atoms with Crippen molar-refractivity contribution in [3.05, 3.63) is 64.3 Å². The average Bonchev–Trinajstić information content (AvgIpc) is 3.21. The van der Waals surface area contributed by atoms with Crippen LogP contribution < -0.4 is 4.74 Å². The molecule has 1 aromatic heterocycles. The fourth-order valence-corrected chi connectivity index (χ4v) is 4.38. The Balaban J connectivity index is 1.65. The first-order chi connectivity index (χ1) is 16.5. The molecule has 2 aromatic carbocycles. The largest absolute Gasteiger partial charge is 0.493 e. The van der Waals surface area contributed by atoms with E-state index in [4.69, 9.17) is 26.2 Å². The second kappa shape index (κ2) is 10.8. The van der Waals surface area contributed by atoms with E-state index >= 15 is 0 Å². The predicted molar refractivity (Wildman–Crippen MR) is 130 cm³/mol. The number of nitrogens with one attached hydrogen (secondary N) is 1. The molecule has 3 aromatic rings. The standard InChI is InChI=1S/C26H27ClN2O5/c1-2-3-13-34-26(32)29-12-10-21-22-15-18(27)6-9-23(22)28-24(21)25(29)17-4-7-20(8-5-17)33-14-11-19(31)16-30/h4-9,15,19,25,28,30-31H,10-14,16H2,1H3/t19-,25?/m0/s1. The van der Waals surface area contributed by atoms with Crippen LogP contribution in [0, 0.1) is 11.8 Å². The Morgan fingerprint density at radius 2 is 2.09 bits per heavy atom. The van der Waals surface area contributed by atoms with E-state index in [0.717, 1.165) is 27.7 Å². The lowest BCUT2D eigenvalue weighted by molar-refractivity contribution is 0.0754. The summed E-state index contributed by atoms with van der Waals surface area (Å²) in [6.45, 7) is 2.23. The Labute approximate surface area is 203 Å². The van der Waals surface area contributed by atoms with Crippen molar-refractivity contribution in [3.63, 3.8) is 0 Å². The molecule has 0 fully saturated rings. The van der Waals surface area contributed by atoms with Crippen molar-refractivity contribution in [1.82, 2.24) is 9.88 Å². The van der Waals surface area contributed by atoms with Crippen LogP contribution >= 0.6 is 11.6 Å². The van der Waals surface area contributed by atoms with E-state index < -0.39 is 12.2 Å². The summed E-state index contributed by atoms with van der Waals surface area (Å²) < 4.78 is 11.1. The van der Waals surface area contributed by atoms with Gasteiger partial charge >= 0.3 is 6.09 Å². The van der Waals surface area contributed by atoms with E-state index in [2.05, 4.69) is 16.8 Å². The number of ether oxygens (including phenoxy) is 2. The van der Waals surface area contributed by atoms with Crippen molar-refractivity contribution >= 4 is 28.6 Å². The number of H-pyrrole nitrogens is 1. The maximum atomic E-state index is 13.0. The van der Waals surface area contributed by atoms with E-state index in [0.29, 0.717) is 30.2 Å². The summed E-state index contributed by atoms with van der Waals surface area (Å²) in [5.74, 6) is 6.14. The van der Waals surface area contributed by atoms with Gasteiger partial charge < -0.3 is 24.7 Å². The highest BCUT2D eigenvalue weighted by molar-refractivity contribution is 6.31. The third-order valence-electron chi connectivity index (χ3n) is 5.89. The number of halogens is 1. The maximum Gasteiger partial charge on any atom is 0.411 e. The molecule has 0 spiro atoms. The topological polar surface area (TPSA) is 95.0 Å². The SMILES string of the molecule is CC#CCOC(=O)N1CCc2c([nH]c3ccc(Cl)cc23)C1c1ccc(OCC[C@H](O)CO)cc1. The minimum absolute atomic E-state index is 0.0419. The van der Waals surface area contributed by atoms with Gasteiger partial charge in [-0.15, -0.1) is 5.92 Å². The highest BCUT2D eigenvalue weighted by atomic mass is 35.5. The molecule has 178 valence electrons. The third-order valence-corrected chi connectivity index (χ3v) is 6.13. The zero-order valence-electron chi connectivity index (χ0n) is 18.9. The highest BCUT2D eigenvalue weighted by Crippen LogP contribution is 2.39. The second-order valence-electron chi connectivity index (χ2n) is 8.08. The smallest absolute Gasteiger partial charge is 0.411 e. The Hall–Kier alpha value is -3.18. The molecule has 0 aliphatic carbocycles. The van der Waals surface area contributed by atoms with Gasteiger partial charge in [-0.2, -0.15) is 0 Å². The molecule has 2 atom stereocenters. The van der Waals surface area contributed by atoms with Gasteiger partial charge in [0.25, 0.3) is 0 Å². The molecule has 1 unspecified atom stereocenters. The quantitative estimate of drug-likeness (QED) is 0.441. The number of carbonyl (C=O) groups is 1. The molecular formula is C26H27ClN2O5. The molecule has 0 radical (unpaired) electrons. The molecule has 4 rings (SSSR count). The van der Waals surface area contributed by atoms with Crippen LogP contribution in [-0.2, 0) is 11.2 Å². The van der Waals surface area contributed by atoms with E-state index in [9.17, 15) is 9.90 Å². The van der Waals surface area contributed by atoms with Gasteiger partial charge in [-0.25, -0.2) is 4.79 Å². The molecule has 3 N–H and O–H groups in total. The number of aromatic nitrogens is 1. The van der Waals surface area contributed by atoms with Gasteiger partial charge in [0.05, 0.1) is 19.3 Å². The fourth-order valence-electron chi connectivity index (χ4n) is 4.21. The molecule has 1 aliphatic heterocycles. The van der Waals surface area contributed by atoms with Gasteiger partial charge in [0.15, 0.2) is 6.61 Å². The van der Waals surface area contributed by atoms with Gasteiger partial charge in [-0.05, 0) is 54.8 Å². The van der Waals surface area contributed by atoms with Crippen LogP contribution in [0.1, 0.15) is 36.2 Å². The summed E-state index contributed by atoms with van der Waals surface area (Å²) in [5.41, 5.74) is 3.94. The lowest BCUT2D eigenvalue weighted by atomic mass is 9.92. The molecule has 2 heterocycles. The summed E-state index contributed by atoms with van der Waals surface area (Å²) in [6.07, 6.45) is -0.210. The second-order valence-corrected chi connectivity index (χ2v) is 8.51. The minimum atomic E-state index is -0.799. The number of aliphatic hydroxyl groups is 2. The van der Waals surface area contributed by atoms with Crippen LogP contribution in [0.3, 0.4) is 0 Å². The van der Waals surface area contributed by atoms with Crippen molar-refractivity contribution in [1.29, 1.82) is 0 Å². The molecular weight excluding hydrogens is 456 g/mol. The minimum Gasteiger partial charge on any atom is -0.493 e. The fraction of sp³-hybridized carbons (Fsp3) is 0.346. The monoisotopic (exact) mass is 482 g/mol. The third kappa shape index (κ3) is 5.15. The van der Waals surface area contributed by atoms with E-state index in [1.165, 1.54) is 0 Å². The first kappa shape index (κ1) is 24.0. The number of aromatic amines is 1. The number of hydrogen-bond donors (Lipinski definition) is 3. The number of hydrogen-bond acceptors (Lipinski definition) is 5.